The van der Waals surface area contributed by atoms with Gasteiger partial charge in [-0.2, -0.15) is 0 Å². The molecule has 0 unspecified atom stereocenters. The van der Waals surface area contributed by atoms with Gasteiger partial charge in [-0.3, -0.25) is 0 Å². The van der Waals surface area contributed by atoms with Gasteiger partial charge in [0.15, 0.2) is 0 Å². The number of carbonyl (C=O) groups excluding carboxylic acids is 1. The van der Waals surface area contributed by atoms with Gasteiger partial charge >= 0.3 is 6.09 Å². The first-order valence-electron chi connectivity index (χ1n) is 6.93. The maximum atomic E-state index is 14.7. The minimum Gasteiger partial charge on any atom is -0.444 e. The zero-order valence-corrected chi connectivity index (χ0v) is 12.4. The predicted octanol–water partition coefficient (Wildman–Crippen LogP) is 3.82. The first kappa shape index (κ1) is 16.6. The number of carbonyl (C=O) groups is 1. The molecule has 0 aromatic rings. The van der Waals surface area contributed by atoms with Crippen molar-refractivity contribution in [1.82, 2.24) is 4.90 Å². The van der Waals surface area contributed by atoms with Gasteiger partial charge in [-0.15, -0.1) is 0 Å². The molecule has 0 aliphatic carbocycles. The maximum absolute atomic E-state index is 14.7. The highest BCUT2D eigenvalue weighted by Gasteiger charge is 2.38. The standard InChI is InChI=1S/C13H23FN4O2/c1-12(2,3)20-11(19)18-9-5-7-13(14,10-18)6-4-8-16-17-15/h4-10H2,1-3H3/t13-/m0/s1. The topological polar surface area (TPSA) is 78.3 Å². The molecule has 0 bridgehead atoms. The van der Waals surface area contributed by atoms with E-state index < -0.39 is 17.4 Å². The van der Waals surface area contributed by atoms with Gasteiger partial charge in [-0.25, -0.2) is 9.18 Å². The van der Waals surface area contributed by atoms with E-state index in [-0.39, 0.29) is 13.1 Å². The Hall–Kier alpha value is -1.49. The molecule has 20 heavy (non-hydrogen) atoms. The number of azide groups is 1. The van der Waals surface area contributed by atoms with Gasteiger partial charge in [-0.05, 0) is 52.0 Å². The van der Waals surface area contributed by atoms with Gasteiger partial charge in [0, 0.05) is 18.0 Å². The summed E-state index contributed by atoms with van der Waals surface area (Å²) in [7, 11) is 0. The molecule has 0 spiro atoms. The number of halogens is 1. The maximum Gasteiger partial charge on any atom is 0.410 e. The SMILES string of the molecule is CC(C)(C)OC(=O)N1CCC[C@@](F)(CCCN=[N+]=[N-])C1. The van der Waals surface area contributed by atoms with Gasteiger partial charge in [0.1, 0.15) is 11.3 Å². The first-order chi connectivity index (χ1) is 9.26. The smallest absolute Gasteiger partial charge is 0.410 e. The second kappa shape index (κ2) is 6.79. The number of rotatable bonds is 4. The van der Waals surface area contributed by atoms with Gasteiger partial charge in [-0.1, -0.05) is 5.11 Å². The largest absolute Gasteiger partial charge is 0.444 e. The van der Waals surface area contributed by atoms with Gasteiger partial charge in [0.05, 0.1) is 6.54 Å². The average molecular weight is 286 g/mol. The number of nitrogens with zero attached hydrogens (tertiary/aromatic N) is 4. The van der Waals surface area contributed by atoms with Crippen LogP contribution in [0.1, 0.15) is 46.5 Å². The van der Waals surface area contributed by atoms with Crippen LogP contribution in [0.2, 0.25) is 0 Å². The summed E-state index contributed by atoms with van der Waals surface area (Å²) in [5.41, 5.74) is 6.21. The van der Waals surface area contributed by atoms with Crippen LogP contribution in [0.15, 0.2) is 5.11 Å². The first-order valence-corrected chi connectivity index (χ1v) is 6.93. The molecule has 0 aromatic carbocycles. The van der Waals surface area contributed by atoms with E-state index in [9.17, 15) is 9.18 Å². The van der Waals surface area contributed by atoms with E-state index in [0.29, 0.717) is 32.2 Å². The minimum absolute atomic E-state index is 0.0538. The molecule has 0 radical (unpaired) electrons. The van der Waals surface area contributed by atoms with Gasteiger partial charge in [0.2, 0.25) is 0 Å². The Morgan fingerprint density at radius 1 is 1.55 bits per heavy atom. The average Bonchev–Trinajstić information content (AvgIpc) is 2.33. The molecule has 1 atom stereocenters. The molecule has 114 valence electrons. The summed E-state index contributed by atoms with van der Waals surface area (Å²) in [5.74, 6) is 0. The Bertz CT molecular complexity index is 390. The summed E-state index contributed by atoms with van der Waals surface area (Å²) in [6, 6.07) is 0. The Kier molecular flexibility index (Phi) is 5.62. The highest BCUT2D eigenvalue weighted by molar-refractivity contribution is 5.68. The zero-order chi connectivity index (χ0) is 15.2. The van der Waals surface area contributed by atoms with Crippen molar-refractivity contribution in [1.29, 1.82) is 0 Å². The highest BCUT2D eigenvalue weighted by atomic mass is 19.1. The highest BCUT2D eigenvalue weighted by Crippen LogP contribution is 2.30. The quantitative estimate of drug-likeness (QED) is 0.341. The normalized spacial score (nSPS) is 23.1. The van der Waals surface area contributed by atoms with Gasteiger partial charge in [0.25, 0.3) is 0 Å². The van der Waals surface area contributed by atoms with Crippen molar-refractivity contribution in [2.24, 2.45) is 5.11 Å². The van der Waals surface area contributed by atoms with E-state index in [1.165, 1.54) is 4.90 Å². The summed E-state index contributed by atoms with van der Waals surface area (Å²) in [4.78, 5) is 16.0. The van der Waals surface area contributed by atoms with E-state index in [1.54, 1.807) is 20.8 Å². The Morgan fingerprint density at radius 3 is 2.85 bits per heavy atom. The lowest BCUT2D eigenvalue weighted by molar-refractivity contribution is -0.00788. The molecule has 7 heteroatoms. The lowest BCUT2D eigenvalue weighted by atomic mass is 9.90. The summed E-state index contributed by atoms with van der Waals surface area (Å²) in [6.45, 7) is 6.23. The van der Waals surface area contributed by atoms with Crippen molar-refractivity contribution in [3.63, 3.8) is 0 Å². The van der Waals surface area contributed by atoms with Crippen LogP contribution in [0.25, 0.3) is 10.4 Å². The fourth-order valence-electron chi connectivity index (χ4n) is 2.28. The summed E-state index contributed by atoms with van der Waals surface area (Å²) < 4.78 is 19.9. The Morgan fingerprint density at radius 2 is 2.25 bits per heavy atom. The van der Waals surface area contributed by atoms with Crippen molar-refractivity contribution in [2.45, 2.75) is 57.7 Å². The molecular formula is C13H23FN4O2. The number of likely N-dealkylation sites (tertiary alicyclic amines) is 1. The fourth-order valence-corrected chi connectivity index (χ4v) is 2.28. The second-order valence-electron chi connectivity index (χ2n) is 6.21. The number of hydrogen-bond acceptors (Lipinski definition) is 3. The van der Waals surface area contributed by atoms with Crippen LogP contribution in [0.5, 0.6) is 0 Å². The Balaban J connectivity index is 2.52. The zero-order valence-electron chi connectivity index (χ0n) is 12.4. The van der Waals surface area contributed by atoms with Crippen LogP contribution in [0.3, 0.4) is 0 Å². The lowest BCUT2D eigenvalue weighted by Gasteiger charge is -2.38. The van der Waals surface area contributed by atoms with Crippen LogP contribution in [-0.2, 0) is 4.74 Å². The van der Waals surface area contributed by atoms with Crippen molar-refractivity contribution >= 4 is 6.09 Å². The van der Waals surface area contributed by atoms with Crippen LogP contribution in [0.4, 0.5) is 9.18 Å². The summed E-state index contributed by atoms with van der Waals surface area (Å²) in [6.07, 6.45) is 1.38. The Labute approximate surface area is 118 Å². The third-order valence-electron chi connectivity index (χ3n) is 3.12. The van der Waals surface area contributed by atoms with E-state index in [4.69, 9.17) is 10.3 Å². The number of alkyl halides is 1. The fraction of sp³-hybridized carbons (Fsp3) is 0.923. The van der Waals surface area contributed by atoms with Crippen LogP contribution >= 0.6 is 0 Å². The van der Waals surface area contributed by atoms with Gasteiger partial charge < -0.3 is 9.64 Å². The van der Waals surface area contributed by atoms with Crippen molar-refractivity contribution in [3.05, 3.63) is 10.4 Å². The molecule has 1 aliphatic heterocycles. The number of ether oxygens (including phenoxy) is 1. The van der Waals surface area contributed by atoms with Crippen molar-refractivity contribution < 1.29 is 13.9 Å². The molecular weight excluding hydrogens is 263 g/mol. The van der Waals surface area contributed by atoms with E-state index >= 15 is 0 Å². The molecule has 1 saturated heterocycles. The molecule has 1 fully saturated rings. The molecule has 0 aromatic heterocycles. The molecule has 1 rings (SSSR count). The molecule has 6 nitrogen and oxygen atoms in total. The van der Waals surface area contributed by atoms with Crippen LogP contribution < -0.4 is 0 Å². The predicted molar refractivity (Wildman–Crippen MR) is 74.1 cm³/mol. The third kappa shape index (κ3) is 5.65. The summed E-state index contributed by atoms with van der Waals surface area (Å²) in [5, 5.41) is 3.40. The summed E-state index contributed by atoms with van der Waals surface area (Å²) >= 11 is 0. The van der Waals surface area contributed by atoms with Crippen LogP contribution in [0, 0.1) is 0 Å². The minimum atomic E-state index is -1.40. The number of hydrogen-bond donors (Lipinski definition) is 0. The second-order valence-corrected chi connectivity index (χ2v) is 6.21. The van der Waals surface area contributed by atoms with E-state index in [2.05, 4.69) is 10.0 Å². The molecule has 0 N–H and O–H groups in total. The lowest BCUT2D eigenvalue weighted by Crippen LogP contribution is -2.49. The van der Waals surface area contributed by atoms with Crippen LogP contribution in [-0.4, -0.2) is 41.9 Å². The molecule has 1 aliphatic rings. The number of piperidine rings is 1. The number of amides is 1. The molecule has 1 heterocycles. The van der Waals surface area contributed by atoms with Crippen molar-refractivity contribution in [2.75, 3.05) is 19.6 Å². The monoisotopic (exact) mass is 286 g/mol. The van der Waals surface area contributed by atoms with E-state index in [1.807, 2.05) is 0 Å². The molecule has 1 amide bonds. The molecule has 0 saturated carbocycles. The van der Waals surface area contributed by atoms with Crippen molar-refractivity contribution in [3.8, 4) is 0 Å². The third-order valence-corrected chi connectivity index (χ3v) is 3.12. The van der Waals surface area contributed by atoms with E-state index in [0.717, 1.165) is 0 Å².